The van der Waals surface area contributed by atoms with Gasteiger partial charge in [0.2, 0.25) is 0 Å². The van der Waals surface area contributed by atoms with Crippen LogP contribution in [0.1, 0.15) is 41.2 Å². The summed E-state index contributed by atoms with van der Waals surface area (Å²) in [5, 5.41) is 9.72. The van der Waals surface area contributed by atoms with E-state index in [1.165, 1.54) is 11.0 Å². The van der Waals surface area contributed by atoms with Crippen LogP contribution < -0.4 is 18.9 Å². The molecule has 3 heterocycles. The molecule has 25 heavy (non-hydrogen) atoms. The van der Waals surface area contributed by atoms with E-state index in [1.54, 1.807) is 12.4 Å². The first-order chi connectivity index (χ1) is 11.5. The molecule has 1 N–H and O–H groups in total. The molecule has 2 aliphatic heterocycles. The molecule has 1 atom stereocenters. The van der Waals surface area contributed by atoms with Crippen molar-refractivity contribution in [1.29, 1.82) is 0 Å². The fraction of sp³-hybridized carbons (Fsp3) is 0.312. The minimum Gasteiger partial charge on any atom is -1.00 e. The SMILES string of the molecule is O=C(O)C(c1ncn2c1CCC2)N1Cc2c(F)cc(I)cc2C1=O.[H-].[Li+]. The number of hydrogen-bond donors (Lipinski definition) is 1. The number of carbonyl (C=O) groups excluding carboxylic acids is 1. The van der Waals surface area contributed by atoms with Crippen LogP contribution in [0.2, 0.25) is 0 Å². The minimum absolute atomic E-state index is 0. The van der Waals surface area contributed by atoms with E-state index < -0.39 is 23.7 Å². The molecule has 0 aliphatic carbocycles. The summed E-state index contributed by atoms with van der Waals surface area (Å²) >= 11 is 1.94. The van der Waals surface area contributed by atoms with Gasteiger partial charge in [0.05, 0.1) is 18.6 Å². The smallest absolute Gasteiger partial charge is 1.00 e. The molecule has 0 fully saturated rings. The van der Waals surface area contributed by atoms with Crippen molar-refractivity contribution in [3.8, 4) is 0 Å². The van der Waals surface area contributed by atoms with Crippen molar-refractivity contribution in [2.75, 3.05) is 0 Å². The summed E-state index contributed by atoms with van der Waals surface area (Å²) < 4.78 is 16.7. The number of carbonyl (C=O) groups is 2. The molecule has 9 heteroatoms. The number of fused-ring (bicyclic) bond motifs is 2. The van der Waals surface area contributed by atoms with E-state index in [0.717, 1.165) is 25.1 Å². The maximum absolute atomic E-state index is 14.2. The Balaban J connectivity index is 0.00000121. The molecule has 1 amide bonds. The fourth-order valence-electron chi connectivity index (χ4n) is 3.49. The Morgan fingerprint density at radius 3 is 2.92 bits per heavy atom. The molecule has 0 saturated heterocycles. The Morgan fingerprint density at radius 2 is 2.20 bits per heavy atom. The molecule has 0 saturated carbocycles. The normalized spacial score (nSPS) is 16.4. The van der Waals surface area contributed by atoms with Crippen LogP contribution in [-0.4, -0.2) is 31.4 Å². The molecular formula is C16H14FILiN3O3. The van der Waals surface area contributed by atoms with E-state index in [9.17, 15) is 19.1 Å². The van der Waals surface area contributed by atoms with Gasteiger partial charge in [-0.2, -0.15) is 0 Å². The molecule has 0 spiro atoms. The third-order valence-corrected chi connectivity index (χ3v) is 5.20. The zero-order chi connectivity index (χ0) is 17.0. The van der Waals surface area contributed by atoms with Crippen molar-refractivity contribution in [2.24, 2.45) is 0 Å². The van der Waals surface area contributed by atoms with Crippen LogP contribution in [0, 0.1) is 9.39 Å². The average molecular weight is 449 g/mol. The van der Waals surface area contributed by atoms with Gasteiger partial charge in [0.25, 0.3) is 5.91 Å². The molecule has 0 bridgehead atoms. The Morgan fingerprint density at radius 1 is 1.44 bits per heavy atom. The Bertz CT molecular complexity index is 892. The number of aliphatic carboxylic acids is 1. The van der Waals surface area contributed by atoms with Crippen LogP contribution in [-0.2, 0) is 24.3 Å². The number of amides is 1. The van der Waals surface area contributed by atoms with Crippen LogP contribution in [0.15, 0.2) is 18.5 Å². The van der Waals surface area contributed by atoms with Gasteiger partial charge in [-0.1, -0.05) is 0 Å². The van der Waals surface area contributed by atoms with Crippen molar-refractivity contribution in [1.82, 2.24) is 14.5 Å². The summed E-state index contributed by atoms with van der Waals surface area (Å²) in [6.45, 7) is 0.746. The Hall–Kier alpha value is -1.37. The summed E-state index contributed by atoms with van der Waals surface area (Å²) in [6, 6.07) is 1.74. The van der Waals surface area contributed by atoms with Gasteiger partial charge in [-0.25, -0.2) is 14.2 Å². The third-order valence-electron chi connectivity index (χ3n) is 4.58. The number of aromatic nitrogens is 2. The van der Waals surface area contributed by atoms with Gasteiger partial charge in [-0.3, -0.25) is 4.79 Å². The van der Waals surface area contributed by atoms with Crippen LogP contribution in [0.5, 0.6) is 0 Å². The number of imidazole rings is 1. The second-order valence-electron chi connectivity index (χ2n) is 5.96. The van der Waals surface area contributed by atoms with Crippen molar-refractivity contribution < 1.29 is 39.4 Å². The Kier molecular flexibility index (Phi) is 4.97. The topological polar surface area (TPSA) is 75.4 Å². The first kappa shape index (κ1) is 18.4. The number of carboxylic acids is 1. The molecule has 2 aromatic rings. The summed E-state index contributed by atoms with van der Waals surface area (Å²) in [7, 11) is 0. The molecule has 1 unspecified atom stereocenters. The molecule has 6 nitrogen and oxygen atoms in total. The van der Waals surface area contributed by atoms with Gasteiger partial charge in [0.1, 0.15) is 5.82 Å². The van der Waals surface area contributed by atoms with Crippen molar-refractivity contribution >= 4 is 34.5 Å². The van der Waals surface area contributed by atoms with Gasteiger partial charge < -0.3 is 16.0 Å². The standard InChI is InChI=1S/C16H13FIN3O3.Li.H/c17-11-5-8(18)4-9-10(11)6-21(15(9)22)14(16(23)24)13-12-2-1-3-20(12)7-19-13;;/h4-5,7,14H,1-3,6H2,(H,23,24);;/q;+1;-1. The molecule has 126 valence electrons. The van der Waals surface area contributed by atoms with Crippen LogP contribution in [0.25, 0.3) is 0 Å². The number of carboxylic acid groups (broad SMARTS) is 1. The number of rotatable bonds is 3. The van der Waals surface area contributed by atoms with E-state index in [2.05, 4.69) is 4.98 Å². The second-order valence-corrected chi connectivity index (χ2v) is 7.21. The fourth-order valence-corrected chi connectivity index (χ4v) is 4.08. The van der Waals surface area contributed by atoms with Gasteiger partial charge in [0, 0.05) is 26.9 Å². The van der Waals surface area contributed by atoms with Gasteiger partial charge >= 0.3 is 24.8 Å². The third kappa shape index (κ3) is 2.90. The number of aryl methyl sites for hydroxylation is 1. The summed E-state index contributed by atoms with van der Waals surface area (Å²) in [5.74, 6) is -2.10. The molecule has 4 rings (SSSR count). The monoisotopic (exact) mass is 449 g/mol. The average Bonchev–Trinajstić information content (AvgIpc) is 3.18. The van der Waals surface area contributed by atoms with E-state index in [0.29, 0.717) is 9.26 Å². The molecule has 1 aromatic heterocycles. The largest absolute Gasteiger partial charge is 1.00 e. The van der Waals surface area contributed by atoms with Crippen LogP contribution in [0.4, 0.5) is 4.39 Å². The maximum atomic E-state index is 14.2. The number of benzene rings is 1. The molecule has 1 aromatic carbocycles. The predicted octanol–water partition coefficient (Wildman–Crippen LogP) is -0.529. The number of nitrogens with zero attached hydrogens (tertiary/aromatic N) is 3. The van der Waals surface area contributed by atoms with Crippen molar-refractivity contribution in [3.05, 3.63) is 50.4 Å². The van der Waals surface area contributed by atoms with Crippen LogP contribution >= 0.6 is 22.6 Å². The molecule has 2 aliphatic rings. The molecule has 0 radical (unpaired) electrons. The van der Waals surface area contributed by atoms with Gasteiger partial charge in [-0.15, -0.1) is 0 Å². The van der Waals surface area contributed by atoms with Gasteiger partial charge in [0.15, 0.2) is 6.04 Å². The Labute approximate surface area is 170 Å². The van der Waals surface area contributed by atoms with E-state index in [4.69, 9.17) is 0 Å². The zero-order valence-electron chi connectivity index (χ0n) is 14.5. The molecular weight excluding hydrogens is 435 g/mol. The minimum atomic E-state index is -1.20. The first-order valence-corrected chi connectivity index (χ1v) is 8.61. The predicted molar refractivity (Wildman–Crippen MR) is 91.0 cm³/mol. The van der Waals surface area contributed by atoms with E-state index in [1.807, 2.05) is 27.2 Å². The first-order valence-electron chi connectivity index (χ1n) is 7.53. The van der Waals surface area contributed by atoms with Gasteiger partial charge in [-0.05, 0) is 47.6 Å². The van der Waals surface area contributed by atoms with Crippen molar-refractivity contribution in [3.63, 3.8) is 0 Å². The number of hydrogen-bond acceptors (Lipinski definition) is 3. The zero-order valence-corrected chi connectivity index (χ0v) is 15.7. The number of halogens is 2. The quantitative estimate of drug-likeness (QED) is 0.506. The summed E-state index contributed by atoms with van der Waals surface area (Å²) in [4.78, 5) is 30.0. The summed E-state index contributed by atoms with van der Waals surface area (Å²) in [6.07, 6.45) is 3.28. The van der Waals surface area contributed by atoms with E-state index >= 15 is 0 Å². The van der Waals surface area contributed by atoms with Crippen molar-refractivity contribution in [2.45, 2.75) is 32.0 Å². The van der Waals surface area contributed by atoms with E-state index in [-0.39, 0.29) is 38.0 Å². The maximum Gasteiger partial charge on any atom is 1.00 e. The van der Waals surface area contributed by atoms with Crippen LogP contribution in [0.3, 0.4) is 0 Å². The summed E-state index contributed by atoms with van der Waals surface area (Å²) in [5.41, 5.74) is 1.72. The second kappa shape index (κ2) is 6.74.